The highest BCUT2D eigenvalue weighted by Crippen LogP contribution is 2.40. The average Bonchev–Trinajstić information content (AvgIpc) is 3.19. The van der Waals surface area contributed by atoms with E-state index in [4.69, 9.17) is 22.7 Å². The minimum Gasteiger partial charge on any atom is -0.458 e. The van der Waals surface area contributed by atoms with E-state index in [1.54, 1.807) is 20.0 Å². The number of nitrogen functional groups attached to an aromatic ring is 1. The molecule has 11 heteroatoms. The third kappa shape index (κ3) is 3.07. The molecule has 5 N–H and O–H groups in total. The minimum absolute atomic E-state index is 0.0153. The molecule has 5 rings (SSSR count). The van der Waals surface area contributed by atoms with Crippen molar-refractivity contribution < 1.29 is 19.0 Å². The lowest BCUT2D eigenvalue weighted by molar-refractivity contribution is -0.172. The smallest absolute Gasteiger partial charge is 0.343 e. The Morgan fingerprint density at radius 1 is 1.35 bits per heavy atom. The van der Waals surface area contributed by atoms with Gasteiger partial charge in [0.1, 0.15) is 12.4 Å². The van der Waals surface area contributed by atoms with Crippen LogP contribution in [0.5, 0.6) is 0 Å². The Morgan fingerprint density at radius 2 is 2.12 bits per heavy atom. The van der Waals surface area contributed by atoms with Gasteiger partial charge in [-0.15, -0.1) is 0 Å². The molecule has 1 atom stereocenters. The van der Waals surface area contributed by atoms with Crippen molar-refractivity contribution in [2.45, 2.75) is 38.6 Å². The molecule has 0 aliphatic carbocycles. The number of benzene rings is 1. The summed E-state index contributed by atoms with van der Waals surface area (Å²) in [6.45, 7) is 1.92. The van der Waals surface area contributed by atoms with Crippen LogP contribution in [0, 0.1) is 5.82 Å². The van der Waals surface area contributed by atoms with E-state index in [1.165, 1.54) is 16.7 Å². The molecule has 2 aromatic heterocycles. The van der Waals surface area contributed by atoms with Gasteiger partial charge in [-0.25, -0.2) is 14.2 Å². The normalized spacial score (nSPS) is 18.2. The number of pyridine rings is 2. The molecule has 0 saturated carbocycles. The fourth-order valence-corrected chi connectivity index (χ4v) is 4.73. The Balaban J connectivity index is 1.78. The molecule has 2 aliphatic heterocycles. The summed E-state index contributed by atoms with van der Waals surface area (Å²) in [7, 11) is 1.69. The molecule has 0 spiro atoms. The quantitative estimate of drug-likeness (QED) is 0.194. The first-order valence-electron chi connectivity index (χ1n) is 10.7. The highest BCUT2D eigenvalue weighted by atomic mass is 32.1. The summed E-state index contributed by atoms with van der Waals surface area (Å²) in [6.07, 6.45) is 0.0425. The minimum atomic E-state index is -1.92. The van der Waals surface area contributed by atoms with Gasteiger partial charge in [0.2, 0.25) is 0 Å². The number of ether oxygens (including phenoxy) is 1. The van der Waals surface area contributed by atoms with Crippen LogP contribution in [-0.2, 0) is 34.8 Å². The van der Waals surface area contributed by atoms with Crippen LogP contribution in [0.15, 0.2) is 23.0 Å². The number of aromatic nitrogens is 2. The molecule has 0 bridgehead atoms. The van der Waals surface area contributed by atoms with Gasteiger partial charge in [-0.05, 0) is 36.3 Å². The first-order valence-corrected chi connectivity index (χ1v) is 11.1. The number of carbonyl (C=O) groups is 1. The standard InChI is InChI=1S/C23H22FN5O4S/c1-3-23(32)14-5-18-19-12(8-29(18)20(30)13(14)9-33-21(23)31)11(7-27-22(34)26-2)10-4-16(25)15(24)6-17(10)28-19/h4-6,32H,3,7-9,25H2,1-2H3,(H2,26,27,34)/t23-/m0/s1. The lowest BCUT2D eigenvalue weighted by Crippen LogP contribution is -2.44. The summed E-state index contributed by atoms with van der Waals surface area (Å²) in [6, 6.07) is 4.40. The molecule has 2 aliphatic rings. The Morgan fingerprint density at radius 3 is 2.82 bits per heavy atom. The molecular weight excluding hydrogens is 461 g/mol. The van der Waals surface area contributed by atoms with Crippen LogP contribution in [0.3, 0.4) is 0 Å². The number of fused-ring (bicyclic) bond motifs is 5. The number of hydrogen-bond acceptors (Lipinski definition) is 7. The van der Waals surface area contributed by atoms with Gasteiger partial charge < -0.3 is 30.8 Å². The lowest BCUT2D eigenvalue weighted by atomic mass is 9.86. The van der Waals surface area contributed by atoms with Gasteiger partial charge in [-0.1, -0.05) is 6.92 Å². The van der Waals surface area contributed by atoms with Gasteiger partial charge in [0.05, 0.1) is 34.7 Å². The number of cyclic esters (lactones) is 1. The number of carbonyl (C=O) groups excluding carboxylic acids is 1. The lowest BCUT2D eigenvalue weighted by Gasteiger charge is -2.31. The van der Waals surface area contributed by atoms with Crippen molar-refractivity contribution in [2.75, 3.05) is 12.8 Å². The van der Waals surface area contributed by atoms with Crippen LogP contribution in [0.1, 0.15) is 35.6 Å². The maximum absolute atomic E-state index is 14.3. The molecule has 0 fully saturated rings. The summed E-state index contributed by atoms with van der Waals surface area (Å²) in [5, 5.41) is 18.0. The van der Waals surface area contributed by atoms with Crippen molar-refractivity contribution in [3.8, 4) is 11.4 Å². The third-order valence-corrected chi connectivity index (χ3v) is 6.93. The predicted octanol–water partition coefficient (Wildman–Crippen LogP) is 1.39. The van der Waals surface area contributed by atoms with Gasteiger partial charge in [0.25, 0.3) is 5.56 Å². The molecule has 9 nitrogen and oxygen atoms in total. The molecule has 3 aromatic rings. The molecule has 1 aromatic carbocycles. The summed E-state index contributed by atoms with van der Waals surface area (Å²) < 4.78 is 21.0. The van der Waals surface area contributed by atoms with E-state index in [0.717, 1.165) is 11.1 Å². The number of aliphatic hydroxyl groups is 1. The Labute approximate surface area is 198 Å². The molecule has 0 radical (unpaired) electrons. The summed E-state index contributed by atoms with van der Waals surface area (Å²) in [5.41, 5.74) is 6.77. The maximum Gasteiger partial charge on any atom is 0.343 e. The predicted molar refractivity (Wildman–Crippen MR) is 127 cm³/mol. The van der Waals surface area contributed by atoms with Gasteiger partial charge >= 0.3 is 5.97 Å². The zero-order chi connectivity index (χ0) is 24.4. The van der Waals surface area contributed by atoms with E-state index >= 15 is 0 Å². The van der Waals surface area contributed by atoms with Gasteiger partial charge in [0, 0.05) is 36.2 Å². The van der Waals surface area contributed by atoms with Crippen LogP contribution in [0.25, 0.3) is 22.3 Å². The first-order chi connectivity index (χ1) is 16.2. The van der Waals surface area contributed by atoms with E-state index in [-0.39, 0.29) is 48.5 Å². The number of thiocarbonyl (C=S) groups is 1. The largest absolute Gasteiger partial charge is 0.458 e. The molecule has 0 saturated heterocycles. The Hall–Kier alpha value is -3.57. The van der Waals surface area contributed by atoms with Crippen molar-refractivity contribution >= 4 is 39.9 Å². The highest BCUT2D eigenvalue weighted by Gasteiger charge is 2.45. The molecule has 0 unspecified atom stereocenters. The fraction of sp³-hybridized carbons (Fsp3) is 0.304. The number of hydrogen-bond donors (Lipinski definition) is 4. The topological polar surface area (TPSA) is 132 Å². The second-order valence-corrected chi connectivity index (χ2v) is 8.75. The number of nitrogens with two attached hydrogens (primary N) is 1. The Bertz CT molecular complexity index is 1470. The van der Waals surface area contributed by atoms with Crippen LogP contribution < -0.4 is 21.9 Å². The van der Waals surface area contributed by atoms with Crippen LogP contribution in [0.2, 0.25) is 0 Å². The van der Waals surface area contributed by atoms with Crippen molar-refractivity contribution in [3.63, 3.8) is 0 Å². The Kier molecular flexibility index (Phi) is 5.06. The van der Waals surface area contributed by atoms with Crippen molar-refractivity contribution in [1.29, 1.82) is 0 Å². The molecule has 4 heterocycles. The third-order valence-electron chi connectivity index (χ3n) is 6.58. The van der Waals surface area contributed by atoms with Crippen molar-refractivity contribution in [1.82, 2.24) is 20.2 Å². The first kappa shape index (κ1) is 22.2. The van der Waals surface area contributed by atoms with E-state index in [9.17, 15) is 19.1 Å². The van der Waals surface area contributed by atoms with Crippen molar-refractivity contribution in [2.24, 2.45) is 0 Å². The zero-order valence-corrected chi connectivity index (χ0v) is 19.3. The maximum atomic E-state index is 14.3. The van der Waals surface area contributed by atoms with Crippen LogP contribution in [0.4, 0.5) is 10.1 Å². The number of halogens is 1. The summed E-state index contributed by atoms with van der Waals surface area (Å²) >= 11 is 5.21. The number of nitrogens with zero attached hydrogens (tertiary/aromatic N) is 2. The van der Waals surface area contributed by atoms with E-state index < -0.39 is 17.4 Å². The molecule has 176 valence electrons. The van der Waals surface area contributed by atoms with E-state index in [2.05, 4.69) is 15.6 Å². The van der Waals surface area contributed by atoms with Gasteiger partial charge in [0.15, 0.2) is 10.7 Å². The van der Waals surface area contributed by atoms with Crippen LogP contribution >= 0.6 is 12.2 Å². The van der Waals surface area contributed by atoms with Gasteiger partial charge in [-0.3, -0.25) is 4.79 Å². The second-order valence-electron chi connectivity index (χ2n) is 8.34. The number of anilines is 1. The molecule has 34 heavy (non-hydrogen) atoms. The number of esters is 1. The number of rotatable bonds is 3. The van der Waals surface area contributed by atoms with Gasteiger partial charge in [-0.2, -0.15) is 0 Å². The second kappa shape index (κ2) is 7.74. The molecule has 0 amide bonds. The van der Waals surface area contributed by atoms with Crippen molar-refractivity contribution in [3.05, 3.63) is 56.6 Å². The van der Waals surface area contributed by atoms with Crippen LogP contribution in [-0.4, -0.2) is 32.8 Å². The highest BCUT2D eigenvalue weighted by molar-refractivity contribution is 7.80. The zero-order valence-electron chi connectivity index (χ0n) is 18.5. The summed E-state index contributed by atoms with van der Waals surface area (Å²) in [5.74, 6) is -1.40. The average molecular weight is 484 g/mol. The summed E-state index contributed by atoms with van der Waals surface area (Å²) in [4.78, 5) is 30.4. The molecular formula is C23H22FN5O4S. The fourth-order valence-electron chi connectivity index (χ4n) is 4.66. The number of nitrogens with one attached hydrogen (secondary N) is 2. The monoisotopic (exact) mass is 483 g/mol. The van der Waals surface area contributed by atoms with E-state index in [0.29, 0.717) is 27.4 Å². The SMILES string of the molecule is CC[C@@]1(O)C(=O)OCc2c1cc1n(c2=O)Cc2c-1nc1cc(F)c(N)cc1c2CNC(=S)NC. The van der Waals surface area contributed by atoms with E-state index in [1.807, 2.05) is 0 Å².